The first-order valence-electron chi connectivity index (χ1n) is 21.8. The number of nitrogens with one attached hydrogen (secondary N) is 3. The molecule has 1 aromatic heterocycles. The molecule has 3 saturated heterocycles. The van der Waals surface area contributed by atoms with Crippen molar-refractivity contribution in [1.82, 2.24) is 35.3 Å². The van der Waals surface area contributed by atoms with Crippen LogP contribution in [-0.4, -0.2) is 149 Å². The van der Waals surface area contributed by atoms with Crippen molar-refractivity contribution >= 4 is 70.2 Å². The van der Waals surface area contributed by atoms with E-state index in [1.54, 1.807) is 47.4 Å². The second-order valence-electron chi connectivity index (χ2n) is 17.3. The fourth-order valence-corrected chi connectivity index (χ4v) is 9.68. The number of hydrogen-bond acceptors (Lipinski definition) is 13. The normalized spacial score (nSPS) is 22.1. The molecule has 64 heavy (non-hydrogen) atoms. The molecule has 6 heterocycles. The Kier molecular flexibility index (Phi) is 11.5. The molecule has 18 nitrogen and oxygen atoms in total. The number of fused-ring (bicyclic) bond motifs is 2. The van der Waals surface area contributed by atoms with Gasteiger partial charge in [-0.2, -0.15) is 13.8 Å². The van der Waals surface area contributed by atoms with Crippen LogP contribution < -0.4 is 30.7 Å². The molecule has 0 bridgehead atoms. The van der Waals surface area contributed by atoms with E-state index in [1.807, 2.05) is 9.80 Å². The molecule has 1 unspecified atom stereocenters. The van der Waals surface area contributed by atoms with Gasteiger partial charge in [-0.25, -0.2) is 4.98 Å². The number of amides is 7. The fraction of sp³-hybridized carbons (Fsp3) is 0.477. The molecule has 3 aromatic rings. The molecule has 4 fully saturated rings. The summed E-state index contributed by atoms with van der Waals surface area (Å²) in [6.45, 7) is 2.58. The highest BCUT2D eigenvalue weighted by Crippen LogP contribution is 2.40. The van der Waals surface area contributed by atoms with Gasteiger partial charge >= 0.3 is 5.92 Å². The number of imide groups is 2. The van der Waals surface area contributed by atoms with Crippen molar-refractivity contribution in [2.24, 2.45) is 0 Å². The smallest absolute Gasteiger partial charge is 0.342 e. The maximum Gasteiger partial charge on any atom is 0.342 e. The Hall–Kier alpha value is -6.57. The van der Waals surface area contributed by atoms with E-state index in [4.69, 9.17) is 0 Å². The van der Waals surface area contributed by atoms with E-state index in [0.29, 0.717) is 69.0 Å². The molecule has 0 spiro atoms. The van der Waals surface area contributed by atoms with Crippen LogP contribution in [-0.2, 0) is 19.2 Å². The second kappa shape index (κ2) is 17.2. The molecule has 1 atom stereocenters. The van der Waals surface area contributed by atoms with Crippen LogP contribution in [0, 0.1) is 0 Å². The second-order valence-corrected chi connectivity index (χ2v) is 17.3. The Morgan fingerprint density at radius 3 is 2.28 bits per heavy atom. The van der Waals surface area contributed by atoms with E-state index in [1.165, 1.54) is 13.2 Å². The van der Waals surface area contributed by atoms with Crippen molar-refractivity contribution in [3.8, 4) is 0 Å². The zero-order chi connectivity index (χ0) is 44.9. The number of nitrogens with zero attached hydrogens (tertiary/aromatic N) is 8. The topological polar surface area (TPSA) is 201 Å². The molecule has 1 saturated carbocycles. The van der Waals surface area contributed by atoms with E-state index in [-0.39, 0.29) is 71.9 Å². The number of aromatic nitrogens is 2. The third-order valence-electron chi connectivity index (χ3n) is 13.2. The summed E-state index contributed by atoms with van der Waals surface area (Å²) >= 11 is 0. The number of alkyl halides is 2. The minimum Gasteiger partial charge on any atom is -0.368 e. The number of rotatable bonds is 9. The number of benzene rings is 2. The minimum absolute atomic E-state index is 0.00858. The van der Waals surface area contributed by atoms with Crippen molar-refractivity contribution in [1.29, 1.82) is 0 Å². The third-order valence-corrected chi connectivity index (χ3v) is 13.2. The zero-order valence-corrected chi connectivity index (χ0v) is 35.4. The van der Waals surface area contributed by atoms with Gasteiger partial charge in [-0.3, -0.25) is 48.7 Å². The van der Waals surface area contributed by atoms with Crippen LogP contribution in [0.5, 0.6) is 0 Å². The lowest BCUT2D eigenvalue weighted by Crippen LogP contribution is -2.54. The predicted molar refractivity (Wildman–Crippen MR) is 229 cm³/mol. The summed E-state index contributed by atoms with van der Waals surface area (Å²) in [7, 11) is 1.31. The number of halogens is 2. The molecule has 1 aliphatic carbocycles. The van der Waals surface area contributed by atoms with E-state index >= 15 is 0 Å². The third kappa shape index (κ3) is 8.21. The van der Waals surface area contributed by atoms with Crippen molar-refractivity contribution in [2.45, 2.75) is 75.4 Å². The zero-order valence-electron chi connectivity index (χ0n) is 35.4. The first-order chi connectivity index (χ1) is 30.8. The Morgan fingerprint density at radius 1 is 0.859 bits per heavy atom. The maximum atomic E-state index is 15.0. The van der Waals surface area contributed by atoms with E-state index in [0.717, 1.165) is 35.5 Å². The van der Waals surface area contributed by atoms with Crippen LogP contribution in [0.4, 0.5) is 37.6 Å². The van der Waals surface area contributed by atoms with Gasteiger partial charge in [0.1, 0.15) is 11.7 Å². The summed E-state index contributed by atoms with van der Waals surface area (Å²) in [5.41, 5.74) is 2.30. The monoisotopic (exact) mass is 881 g/mol. The van der Waals surface area contributed by atoms with E-state index < -0.39 is 48.0 Å². The Morgan fingerprint density at radius 2 is 1.58 bits per heavy atom. The van der Waals surface area contributed by atoms with Gasteiger partial charge in [-0.1, -0.05) is 18.9 Å². The highest BCUT2D eigenvalue weighted by Gasteiger charge is 2.49. The number of carbonyl (C=O) groups excluding carboxylic acids is 7. The van der Waals surface area contributed by atoms with Gasteiger partial charge in [0.05, 0.1) is 36.1 Å². The van der Waals surface area contributed by atoms with Crippen molar-refractivity contribution in [3.63, 3.8) is 0 Å². The van der Waals surface area contributed by atoms with E-state index in [9.17, 15) is 42.3 Å². The molecule has 0 radical (unpaired) electrons. The highest BCUT2D eigenvalue weighted by atomic mass is 19.3. The maximum absolute atomic E-state index is 15.0. The standard InChI is InChI=1S/C44H49F2N11O7/c1-52-33-23-47-43(51-37(33)56(29-5-2-3-6-29)25-44(45,46)42(52)64)49-27-11-9-26(10-12-27)38(60)48-28-15-17-55(18-16-28)35(59)24-53-19-21-54(22-20-53)31-8-4-7-30-36(31)41(63)57(40(30)62)32-13-14-34(58)50-39(32)61/h4,7-12,23,28-29,32H,2-3,5-6,13-22,24-25H2,1H3,(H,48,60)(H,47,49,51)(H,50,58,61). The molecule has 5 aliphatic heterocycles. The summed E-state index contributed by atoms with van der Waals surface area (Å²) in [5, 5.41) is 8.41. The van der Waals surface area contributed by atoms with Gasteiger partial charge in [0.15, 0.2) is 5.82 Å². The van der Waals surface area contributed by atoms with Crippen LogP contribution in [0.1, 0.15) is 82.4 Å². The van der Waals surface area contributed by atoms with Crippen LogP contribution in [0.25, 0.3) is 0 Å². The highest BCUT2D eigenvalue weighted by molar-refractivity contribution is 6.25. The van der Waals surface area contributed by atoms with Crippen LogP contribution in [0.2, 0.25) is 0 Å². The average Bonchev–Trinajstić information content (AvgIpc) is 3.90. The first kappa shape index (κ1) is 42.7. The molecular formula is C44H49F2N11O7. The Bertz CT molecular complexity index is 2400. The lowest BCUT2D eigenvalue weighted by molar-refractivity contribution is -0.140. The lowest BCUT2D eigenvalue weighted by Gasteiger charge is -2.38. The number of anilines is 5. The van der Waals surface area contributed by atoms with Crippen LogP contribution in [0.15, 0.2) is 48.7 Å². The largest absolute Gasteiger partial charge is 0.368 e. The number of piperidine rings is 2. The SMILES string of the molecule is CN1C(=O)C(F)(F)CN(C2CCCC2)c2nc(Nc3ccc(C(=O)NC4CCN(C(=O)CN5CCN(c6cccc7c6C(=O)N(C6CCC(=O)NC6=O)C7=O)CC5)CC4)cc3)ncc21. The molecule has 6 aliphatic rings. The van der Waals surface area contributed by atoms with Crippen molar-refractivity contribution in [3.05, 3.63) is 65.4 Å². The summed E-state index contributed by atoms with van der Waals surface area (Å²) in [4.78, 5) is 109. The van der Waals surface area contributed by atoms with Crippen molar-refractivity contribution < 1.29 is 42.3 Å². The summed E-state index contributed by atoms with van der Waals surface area (Å²) < 4.78 is 30.0. The Labute approximate surface area is 367 Å². The molecular weight excluding hydrogens is 833 g/mol. The van der Waals surface area contributed by atoms with E-state index in [2.05, 4.69) is 30.8 Å². The Balaban J connectivity index is 0.742. The average molecular weight is 882 g/mol. The minimum atomic E-state index is -3.58. The molecule has 20 heteroatoms. The summed E-state index contributed by atoms with van der Waals surface area (Å²) in [6, 6.07) is 10.5. The molecule has 2 aromatic carbocycles. The van der Waals surface area contributed by atoms with Gasteiger partial charge in [0, 0.05) is 76.1 Å². The first-order valence-corrected chi connectivity index (χ1v) is 21.8. The lowest BCUT2D eigenvalue weighted by atomic mass is 10.0. The molecule has 336 valence electrons. The van der Waals surface area contributed by atoms with Gasteiger partial charge < -0.3 is 30.2 Å². The molecule has 3 N–H and O–H groups in total. The number of hydrogen-bond donors (Lipinski definition) is 3. The number of likely N-dealkylation sites (tertiary alicyclic amines) is 1. The van der Waals surface area contributed by atoms with Crippen molar-refractivity contribution in [2.75, 3.05) is 79.4 Å². The number of carbonyl (C=O) groups is 7. The van der Waals surface area contributed by atoms with Gasteiger partial charge in [0.2, 0.25) is 23.7 Å². The van der Waals surface area contributed by atoms with Gasteiger partial charge in [0.25, 0.3) is 23.6 Å². The number of piperazine rings is 1. The molecule has 9 rings (SSSR count). The molecule has 7 amide bonds. The fourth-order valence-electron chi connectivity index (χ4n) is 9.68. The van der Waals surface area contributed by atoms with Gasteiger partial charge in [-0.05, 0) is 68.5 Å². The summed E-state index contributed by atoms with van der Waals surface area (Å²) in [5.74, 6) is -6.89. The van der Waals surface area contributed by atoms with Crippen LogP contribution in [0.3, 0.4) is 0 Å². The predicted octanol–water partition coefficient (Wildman–Crippen LogP) is 2.53. The summed E-state index contributed by atoms with van der Waals surface area (Å²) in [6.07, 6.45) is 5.97. The quantitative estimate of drug-likeness (QED) is 0.265. The van der Waals surface area contributed by atoms with Crippen LogP contribution >= 0.6 is 0 Å². The van der Waals surface area contributed by atoms with Gasteiger partial charge in [-0.15, -0.1) is 0 Å².